The monoisotopic (exact) mass is 366 g/mol. The first-order valence-electron chi connectivity index (χ1n) is 9.26. The zero-order valence-electron chi connectivity index (χ0n) is 16.1. The predicted molar refractivity (Wildman–Crippen MR) is 113 cm³/mol. The SMILES string of the molecule is C=C/C=C(C)\C(=C/C)c1nc2c3ccncc3n3c4cnccc4c(c23)[n+]1C. The van der Waals surface area contributed by atoms with E-state index in [9.17, 15) is 0 Å². The number of fused-ring (bicyclic) bond motifs is 6. The zero-order valence-corrected chi connectivity index (χ0v) is 16.1. The molecule has 5 rings (SSSR count). The van der Waals surface area contributed by atoms with Gasteiger partial charge in [-0.15, -0.1) is 0 Å². The molecular formula is C23H20N5+. The average molecular weight is 366 g/mol. The summed E-state index contributed by atoms with van der Waals surface area (Å²) in [6.07, 6.45) is 13.4. The third-order valence-corrected chi connectivity index (χ3v) is 5.46. The van der Waals surface area contributed by atoms with Crippen LogP contribution in [0.3, 0.4) is 0 Å². The van der Waals surface area contributed by atoms with Gasteiger partial charge in [0.15, 0.2) is 5.52 Å². The molecule has 5 aromatic heterocycles. The maximum absolute atomic E-state index is 5.13. The first kappa shape index (κ1) is 16.6. The van der Waals surface area contributed by atoms with Crippen molar-refractivity contribution in [2.24, 2.45) is 7.05 Å². The summed E-state index contributed by atoms with van der Waals surface area (Å²) in [4.78, 5) is 13.9. The third kappa shape index (κ3) is 2.01. The fraction of sp³-hybridized carbons (Fsp3) is 0.130. The van der Waals surface area contributed by atoms with Gasteiger partial charge < -0.3 is 0 Å². The van der Waals surface area contributed by atoms with Gasteiger partial charge >= 0.3 is 5.82 Å². The molecule has 0 saturated carbocycles. The van der Waals surface area contributed by atoms with E-state index in [1.54, 1.807) is 0 Å². The van der Waals surface area contributed by atoms with Gasteiger partial charge in [-0.3, -0.25) is 14.4 Å². The molecule has 0 amide bonds. The molecular weight excluding hydrogens is 346 g/mol. The lowest BCUT2D eigenvalue weighted by Crippen LogP contribution is -2.35. The molecule has 0 saturated heterocycles. The minimum absolute atomic E-state index is 0.932. The van der Waals surface area contributed by atoms with E-state index >= 15 is 0 Å². The molecule has 5 aromatic rings. The van der Waals surface area contributed by atoms with Crippen molar-refractivity contribution in [3.05, 3.63) is 73.1 Å². The van der Waals surface area contributed by atoms with Gasteiger partial charge in [0.2, 0.25) is 5.52 Å². The Morgan fingerprint density at radius 1 is 1.11 bits per heavy atom. The van der Waals surface area contributed by atoms with Crippen LogP contribution in [0.1, 0.15) is 19.7 Å². The van der Waals surface area contributed by atoms with Crippen LogP contribution in [0.25, 0.3) is 43.9 Å². The van der Waals surface area contributed by atoms with Crippen LogP contribution < -0.4 is 4.57 Å². The first-order chi connectivity index (χ1) is 13.7. The lowest BCUT2D eigenvalue weighted by atomic mass is 10.1. The van der Waals surface area contributed by atoms with Crippen molar-refractivity contribution in [1.82, 2.24) is 19.4 Å². The van der Waals surface area contributed by atoms with Crippen molar-refractivity contribution in [3.8, 4) is 0 Å². The van der Waals surface area contributed by atoms with Crippen LogP contribution in [-0.4, -0.2) is 19.4 Å². The summed E-state index contributed by atoms with van der Waals surface area (Å²) in [7, 11) is 2.08. The van der Waals surface area contributed by atoms with Crippen LogP contribution in [0.4, 0.5) is 0 Å². The molecule has 0 aliphatic heterocycles. The van der Waals surface area contributed by atoms with Gasteiger partial charge in [0.25, 0.3) is 0 Å². The molecule has 0 aliphatic carbocycles. The van der Waals surface area contributed by atoms with Gasteiger partial charge in [0, 0.05) is 12.4 Å². The largest absolute Gasteiger partial charge is 0.331 e. The smallest absolute Gasteiger partial charge is 0.298 e. The molecule has 0 spiro atoms. The molecule has 0 radical (unpaired) electrons. The Kier molecular flexibility index (Phi) is 3.52. The number of hydrogen-bond donors (Lipinski definition) is 0. The topological polar surface area (TPSA) is 47.0 Å². The Hall–Kier alpha value is -3.60. The van der Waals surface area contributed by atoms with Crippen molar-refractivity contribution in [2.75, 3.05) is 0 Å². The van der Waals surface area contributed by atoms with Gasteiger partial charge in [0.1, 0.15) is 5.52 Å². The zero-order chi connectivity index (χ0) is 19.4. The molecule has 0 bridgehead atoms. The Bertz CT molecular complexity index is 1450. The molecule has 0 unspecified atom stereocenters. The van der Waals surface area contributed by atoms with Crippen molar-refractivity contribution in [2.45, 2.75) is 13.8 Å². The molecule has 0 aromatic carbocycles. The Balaban J connectivity index is 2.06. The molecule has 0 fully saturated rings. The van der Waals surface area contributed by atoms with Crippen molar-refractivity contribution < 1.29 is 4.57 Å². The highest BCUT2D eigenvalue weighted by Gasteiger charge is 2.29. The second-order valence-corrected chi connectivity index (χ2v) is 6.95. The van der Waals surface area contributed by atoms with Gasteiger partial charge in [-0.25, -0.2) is 4.57 Å². The summed E-state index contributed by atoms with van der Waals surface area (Å²) < 4.78 is 4.42. The van der Waals surface area contributed by atoms with E-state index in [-0.39, 0.29) is 0 Å². The minimum Gasteiger partial charge on any atom is -0.298 e. The number of aromatic nitrogens is 5. The fourth-order valence-corrected chi connectivity index (χ4v) is 4.26. The number of nitrogens with zero attached hydrogens (tertiary/aromatic N) is 5. The third-order valence-electron chi connectivity index (χ3n) is 5.46. The number of hydrogen-bond acceptors (Lipinski definition) is 3. The van der Waals surface area contributed by atoms with Crippen LogP contribution in [0.5, 0.6) is 0 Å². The summed E-state index contributed by atoms with van der Waals surface area (Å²) in [6.45, 7) is 7.98. The predicted octanol–water partition coefficient (Wildman–Crippen LogP) is 4.38. The summed E-state index contributed by atoms with van der Waals surface area (Å²) >= 11 is 0. The van der Waals surface area contributed by atoms with Gasteiger partial charge in [0.05, 0.1) is 46.8 Å². The maximum atomic E-state index is 5.13. The minimum atomic E-state index is 0.932. The number of allylic oxidation sites excluding steroid dienone is 5. The lowest BCUT2D eigenvalue weighted by Gasteiger charge is -2.06. The van der Waals surface area contributed by atoms with Gasteiger partial charge in [-0.05, 0) is 36.5 Å². The number of aryl methyl sites for hydroxylation is 1. The van der Waals surface area contributed by atoms with E-state index in [2.05, 4.69) is 51.6 Å². The summed E-state index contributed by atoms with van der Waals surface area (Å²) in [5, 5.41) is 2.26. The van der Waals surface area contributed by atoms with Crippen LogP contribution in [0.2, 0.25) is 0 Å². The molecule has 5 heteroatoms. The second-order valence-electron chi connectivity index (χ2n) is 6.95. The fourth-order valence-electron chi connectivity index (χ4n) is 4.26. The van der Waals surface area contributed by atoms with E-state index in [1.807, 2.05) is 49.9 Å². The molecule has 136 valence electrons. The highest BCUT2D eigenvalue weighted by Crippen LogP contribution is 2.36. The average Bonchev–Trinajstić information content (AvgIpc) is 3.22. The van der Waals surface area contributed by atoms with E-state index in [4.69, 9.17) is 4.98 Å². The maximum Gasteiger partial charge on any atom is 0.331 e. The van der Waals surface area contributed by atoms with Gasteiger partial charge in [-0.2, -0.15) is 0 Å². The molecule has 0 atom stereocenters. The first-order valence-corrected chi connectivity index (χ1v) is 9.26. The molecule has 5 heterocycles. The van der Waals surface area contributed by atoms with Crippen LogP contribution in [0, 0.1) is 0 Å². The quantitative estimate of drug-likeness (QED) is 0.352. The lowest BCUT2D eigenvalue weighted by molar-refractivity contribution is -0.649. The molecule has 0 aliphatic rings. The van der Waals surface area contributed by atoms with E-state index < -0.39 is 0 Å². The highest BCUT2D eigenvalue weighted by atomic mass is 15.1. The van der Waals surface area contributed by atoms with Crippen LogP contribution in [0.15, 0.2) is 67.3 Å². The summed E-state index contributed by atoms with van der Waals surface area (Å²) in [6, 6.07) is 4.11. The highest BCUT2D eigenvalue weighted by molar-refractivity contribution is 6.19. The second kappa shape index (κ2) is 5.96. The van der Waals surface area contributed by atoms with E-state index in [1.165, 1.54) is 0 Å². The van der Waals surface area contributed by atoms with Crippen molar-refractivity contribution in [1.29, 1.82) is 0 Å². The normalized spacial score (nSPS) is 13.4. The van der Waals surface area contributed by atoms with E-state index in [0.717, 1.165) is 55.3 Å². The van der Waals surface area contributed by atoms with Crippen molar-refractivity contribution in [3.63, 3.8) is 0 Å². The molecule has 28 heavy (non-hydrogen) atoms. The molecule has 5 nitrogen and oxygen atoms in total. The van der Waals surface area contributed by atoms with Crippen molar-refractivity contribution >= 4 is 43.9 Å². The van der Waals surface area contributed by atoms with Crippen LogP contribution >= 0.6 is 0 Å². The Labute approximate surface area is 162 Å². The Morgan fingerprint density at radius 3 is 2.46 bits per heavy atom. The van der Waals surface area contributed by atoms with Crippen LogP contribution in [-0.2, 0) is 7.05 Å². The summed E-state index contributed by atoms with van der Waals surface area (Å²) in [5.74, 6) is 0.932. The van der Waals surface area contributed by atoms with E-state index in [0.29, 0.717) is 0 Å². The standard InChI is InChI=1S/C23H20N5/c1-5-7-14(3)15(6-2)23-26-20-16-8-10-24-12-18(16)28-19-13-25-11-9-17(19)21(22(20)28)27(23)4/h5-13H,1H2,2-4H3/q+1/b14-7-,15-6+. The Morgan fingerprint density at radius 2 is 1.79 bits per heavy atom. The number of pyridine rings is 2. The van der Waals surface area contributed by atoms with Gasteiger partial charge in [-0.1, -0.05) is 24.8 Å². The summed E-state index contributed by atoms with van der Waals surface area (Å²) in [5.41, 5.74) is 7.60. The number of rotatable bonds is 3. The molecule has 0 N–H and O–H groups in total.